The van der Waals surface area contributed by atoms with Gasteiger partial charge in [-0.1, -0.05) is 17.7 Å². The summed E-state index contributed by atoms with van der Waals surface area (Å²) >= 11 is 6.04. The van der Waals surface area contributed by atoms with E-state index in [0.29, 0.717) is 11.4 Å². The lowest BCUT2D eigenvalue weighted by Crippen LogP contribution is -2.20. The highest BCUT2D eigenvalue weighted by molar-refractivity contribution is 7.89. The number of halogens is 1. The molecule has 150 valence electrons. The lowest BCUT2D eigenvalue weighted by atomic mass is 10.2. The van der Waals surface area contributed by atoms with E-state index in [9.17, 15) is 18.0 Å². The van der Waals surface area contributed by atoms with Gasteiger partial charge in [-0.2, -0.15) is 0 Å². The van der Waals surface area contributed by atoms with Gasteiger partial charge in [0.05, 0.1) is 22.1 Å². The van der Waals surface area contributed by atoms with Crippen LogP contribution in [0, 0.1) is 0 Å². The summed E-state index contributed by atoms with van der Waals surface area (Å²) in [5.74, 6) is -0.754. The van der Waals surface area contributed by atoms with Crippen molar-refractivity contribution in [3.05, 3.63) is 53.1 Å². The molecular weight excluding hydrogens is 408 g/mol. The second kappa shape index (κ2) is 9.54. The fourth-order valence-corrected chi connectivity index (χ4v) is 3.13. The van der Waals surface area contributed by atoms with Gasteiger partial charge in [-0.15, -0.1) is 0 Å². The van der Waals surface area contributed by atoms with E-state index >= 15 is 0 Å². The van der Waals surface area contributed by atoms with Crippen LogP contribution in [-0.4, -0.2) is 40.6 Å². The Bertz CT molecular complexity index is 978. The van der Waals surface area contributed by atoms with Crippen LogP contribution in [0.25, 0.3) is 0 Å². The number of sulfonamides is 1. The zero-order valence-corrected chi connectivity index (χ0v) is 16.8. The highest BCUT2D eigenvalue weighted by Gasteiger charge is 2.17. The smallest absolute Gasteiger partial charge is 0.344 e. The Hall–Kier alpha value is -2.62. The Kier molecular flexibility index (Phi) is 7.38. The number of carbonyl (C=O) groups excluding carboxylic acids is 2. The van der Waals surface area contributed by atoms with E-state index in [2.05, 4.69) is 10.0 Å². The summed E-state index contributed by atoms with van der Waals surface area (Å²) in [6.45, 7) is 1.68. The van der Waals surface area contributed by atoms with Crippen molar-refractivity contribution in [2.75, 3.05) is 25.6 Å². The zero-order chi connectivity index (χ0) is 20.7. The minimum atomic E-state index is -3.72. The highest BCUT2D eigenvalue weighted by Crippen LogP contribution is 2.23. The van der Waals surface area contributed by atoms with Gasteiger partial charge >= 0.3 is 5.97 Å². The number of anilines is 1. The van der Waals surface area contributed by atoms with Gasteiger partial charge in [0.2, 0.25) is 10.0 Å². The van der Waals surface area contributed by atoms with E-state index in [-0.39, 0.29) is 28.7 Å². The number of carbonyl (C=O) groups is 2. The summed E-state index contributed by atoms with van der Waals surface area (Å²) in [4.78, 5) is 23.8. The lowest BCUT2D eigenvalue weighted by Gasteiger charge is -2.11. The zero-order valence-electron chi connectivity index (χ0n) is 15.2. The molecule has 0 aliphatic rings. The van der Waals surface area contributed by atoms with Crippen molar-refractivity contribution in [1.82, 2.24) is 4.72 Å². The SMILES string of the molecule is CCOC(=O)COc1cccc(NC(=O)c2cc(S(=O)(=O)NC)ccc2Cl)c1. The molecule has 1 amide bonds. The summed E-state index contributed by atoms with van der Waals surface area (Å²) in [6, 6.07) is 10.2. The third-order valence-corrected chi connectivity index (χ3v) is 5.26. The number of nitrogens with one attached hydrogen (secondary N) is 2. The fourth-order valence-electron chi connectivity index (χ4n) is 2.17. The molecule has 2 aromatic rings. The van der Waals surface area contributed by atoms with Gasteiger partial charge in [0.15, 0.2) is 6.61 Å². The van der Waals surface area contributed by atoms with Crippen molar-refractivity contribution >= 4 is 39.2 Å². The Morgan fingerprint density at radius 2 is 1.89 bits per heavy atom. The molecule has 0 unspecified atom stereocenters. The maximum atomic E-state index is 12.5. The molecule has 0 aliphatic heterocycles. The number of ether oxygens (including phenoxy) is 2. The molecule has 0 radical (unpaired) electrons. The molecule has 0 bridgehead atoms. The molecule has 0 heterocycles. The van der Waals surface area contributed by atoms with E-state index in [1.54, 1.807) is 25.1 Å². The van der Waals surface area contributed by atoms with Crippen molar-refractivity contribution in [3.8, 4) is 5.75 Å². The molecule has 2 rings (SSSR count). The van der Waals surface area contributed by atoms with Crippen molar-refractivity contribution in [3.63, 3.8) is 0 Å². The molecule has 0 saturated carbocycles. The van der Waals surface area contributed by atoms with E-state index < -0.39 is 21.9 Å². The molecule has 8 nitrogen and oxygen atoms in total. The summed E-state index contributed by atoms with van der Waals surface area (Å²) in [5, 5.41) is 2.71. The van der Waals surface area contributed by atoms with Crippen LogP contribution in [0.5, 0.6) is 5.75 Å². The van der Waals surface area contributed by atoms with Crippen LogP contribution in [0.1, 0.15) is 17.3 Å². The van der Waals surface area contributed by atoms with Gasteiger partial charge in [-0.05, 0) is 44.3 Å². The monoisotopic (exact) mass is 426 g/mol. The summed E-state index contributed by atoms with van der Waals surface area (Å²) in [6.07, 6.45) is 0. The quantitative estimate of drug-likeness (QED) is 0.627. The number of esters is 1. The minimum absolute atomic E-state index is 0.00385. The molecule has 0 saturated heterocycles. The van der Waals surface area contributed by atoms with Crippen LogP contribution in [-0.2, 0) is 19.6 Å². The third-order valence-electron chi connectivity index (χ3n) is 3.52. The van der Waals surface area contributed by atoms with Crippen LogP contribution in [0.15, 0.2) is 47.4 Å². The Balaban J connectivity index is 2.16. The Morgan fingerprint density at radius 3 is 2.57 bits per heavy atom. The van der Waals surface area contributed by atoms with Crippen LogP contribution >= 0.6 is 11.6 Å². The normalized spacial score (nSPS) is 11.0. The van der Waals surface area contributed by atoms with E-state index in [0.717, 1.165) is 0 Å². The van der Waals surface area contributed by atoms with Gasteiger partial charge in [0.25, 0.3) is 5.91 Å². The second-order valence-corrected chi connectivity index (χ2v) is 7.72. The maximum absolute atomic E-state index is 12.5. The highest BCUT2D eigenvalue weighted by atomic mass is 35.5. The molecule has 2 N–H and O–H groups in total. The third kappa shape index (κ3) is 5.69. The Labute approximate surface area is 167 Å². The predicted octanol–water partition coefficient (Wildman–Crippen LogP) is 2.44. The number of hydrogen-bond donors (Lipinski definition) is 2. The molecule has 0 atom stereocenters. The molecule has 0 aromatic heterocycles. The van der Waals surface area contributed by atoms with E-state index in [1.807, 2.05) is 0 Å². The van der Waals surface area contributed by atoms with Gasteiger partial charge in [-0.3, -0.25) is 4.79 Å². The summed E-state index contributed by atoms with van der Waals surface area (Å²) < 4.78 is 36.1. The minimum Gasteiger partial charge on any atom is -0.482 e. The fraction of sp³-hybridized carbons (Fsp3) is 0.222. The maximum Gasteiger partial charge on any atom is 0.344 e. The second-order valence-electron chi connectivity index (χ2n) is 5.42. The van der Waals surface area contributed by atoms with Gasteiger partial charge in [0, 0.05) is 11.8 Å². The van der Waals surface area contributed by atoms with Crippen LogP contribution in [0.4, 0.5) is 5.69 Å². The first-order valence-corrected chi connectivity index (χ1v) is 10.1. The molecule has 28 heavy (non-hydrogen) atoms. The summed E-state index contributed by atoms with van der Waals surface area (Å²) in [5.41, 5.74) is 0.375. The van der Waals surface area contributed by atoms with Gasteiger partial charge in [-0.25, -0.2) is 17.9 Å². The predicted molar refractivity (Wildman–Crippen MR) is 104 cm³/mol. The molecule has 0 aliphatic carbocycles. The van der Waals surface area contributed by atoms with Gasteiger partial charge in [0.1, 0.15) is 5.75 Å². The van der Waals surface area contributed by atoms with Crippen LogP contribution in [0.2, 0.25) is 5.02 Å². The molecule has 2 aromatic carbocycles. The molecule has 0 spiro atoms. The number of amides is 1. The first kappa shape index (κ1) is 21.7. The summed E-state index contributed by atoms with van der Waals surface area (Å²) in [7, 11) is -2.45. The molecule has 0 fully saturated rings. The van der Waals surface area contributed by atoms with Crippen molar-refractivity contribution in [1.29, 1.82) is 0 Å². The van der Waals surface area contributed by atoms with Crippen molar-refractivity contribution in [2.24, 2.45) is 0 Å². The number of hydrogen-bond acceptors (Lipinski definition) is 6. The van der Waals surface area contributed by atoms with E-state index in [1.165, 1.54) is 31.3 Å². The number of benzene rings is 2. The average Bonchev–Trinajstić information content (AvgIpc) is 2.67. The first-order valence-electron chi connectivity index (χ1n) is 8.19. The Morgan fingerprint density at radius 1 is 1.14 bits per heavy atom. The van der Waals surface area contributed by atoms with Crippen LogP contribution < -0.4 is 14.8 Å². The lowest BCUT2D eigenvalue weighted by molar-refractivity contribution is -0.145. The van der Waals surface area contributed by atoms with E-state index in [4.69, 9.17) is 21.1 Å². The molecular formula is C18H19ClN2O6S. The largest absolute Gasteiger partial charge is 0.482 e. The van der Waals surface area contributed by atoms with Crippen molar-refractivity contribution < 1.29 is 27.5 Å². The van der Waals surface area contributed by atoms with Crippen molar-refractivity contribution in [2.45, 2.75) is 11.8 Å². The molecule has 10 heteroatoms. The average molecular weight is 427 g/mol. The first-order chi connectivity index (χ1) is 13.3. The van der Waals surface area contributed by atoms with Crippen LogP contribution in [0.3, 0.4) is 0 Å². The number of rotatable bonds is 8. The standard InChI is InChI=1S/C18H19ClN2O6S/c1-3-26-17(22)11-27-13-6-4-5-12(9-13)21-18(23)15-10-14(7-8-16(15)19)28(24,25)20-2/h4-10,20H,3,11H2,1-2H3,(H,21,23). The van der Waals surface area contributed by atoms with Gasteiger partial charge < -0.3 is 14.8 Å². The topological polar surface area (TPSA) is 111 Å².